The lowest BCUT2D eigenvalue weighted by molar-refractivity contribution is -0.274. The highest BCUT2D eigenvalue weighted by Gasteiger charge is 2.30. The maximum absolute atomic E-state index is 12.3. The van der Waals surface area contributed by atoms with Gasteiger partial charge in [-0.15, -0.1) is 13.2 Å². The highest BCUT2D eigenvalue weighted by atomic mass is 19.4. The highest BCUT2D eigenvalue weighted by molar-refractivity contribution is 6.03. The monoisotopic (exact) mass is 484 g/mol. The van der Waals surface area contributed by atoms with E-state index < -0.39 is 6.36 Å². The third-order valence-corrected chi connectivity index (χ3v) is 5.76. The largest absolute Gasteiger partial charge is 0.573 e. The van der Waals surface area contributed by atoms with E-state index in [4.69, 9.17) is 0 Å². The molecule has 1 aromatic heterocycles. The number of pyridine rings is 1. The van der Waals surface area contributed by atoms with Gasteiger partial charge in [0.25, 0.3) is 0 Å². The summed E-state index contributed by atoms with van der Waals surface area (Å²) < 4.78 is 40.6. The number of carbonyl (C=O) groups is 1. The van der Waals surface area contributed by atoms with Crippen LogP contribution in [-0.4, -0.2) is 48.3 Å². The van der Waals surface area contributed by atoms with Crippen LogP contribution in [0.5, 0.6) is 5.75 Å². The van der Waals surface area contributed by atoms with E-state index in [2.05, 4.69) is 25.3 Å². The molecule has 0 radical (unpaired) electrons. The van der Waals surface area contributed by atoms with Gasteiger partial charge in [-0.05, 0) is 86.5 Å². The molecule has 35 heavy (non-hydrogen) atoms. The van der Waals surface area contributed by atoms with Gasteiger partial charge >= 0.3 is 6.36 Å². The number of ether oxygens (including phenoxy) is 1. The summed E-state index contributed by atoms with van der Waals surface area (Å²) in [6.07, 6.45) is 0.644. The molecule has 0 unspecified atom stereocenters. The third kappa shape index (κ3) is 7.19. The molecule has 1 aliphatic heterocycles. The molecule has 0 bridgehead atoms. The van der Waals surface area contributed by atoms with Crippen LogP contribution in [0.15, 0.2) is 54.6 Å². The number of rotatable bonds is 8. The van der Waals surface area contributed by atoms with Crippen LogP contribution in [0, 0.1) is 6.92 Å². The van der Waals surface area contributed by atoms with E-state index in [0.29, 0.717) is 11.3 Å². The van der Waals surface area contributed by atoms with Crippen LogP contribution in [0.25, 0.3) is 17.0 Å². The normalized spacial score (nSPS) is 14.5. The molecule has 2 N–H and O–H groups in total. The van der Waals surface area contributed by atoms with Crippen LogP contribution in [0.1, 0.15) is 24.0 Å². The molecule has 9 heteroatoms. The summed E-state index contributed by atoms with van der Waals surface area (Å²) in [7, 11) is 0. The number of fused-ring (bicyclic) bond motifs is 1. The van der Waals surface area contributed by atoms with E-state index in [9.17, 15) is 18.0 Å². The van der Waals surface area contributed by atoms with Crippen molar-refractivity contribution in [3.8, 4) is 5.75 Å². The van der Waals surface area contributed by atoms with E-state index in [0.717, 1.165) is 35.4 Å². The lowest BCUT2D eigenvalue weighted by atomic mass is 10.1. The Balaban J connectivity index is 1.35. The summed E-state index contributed by atoms with van der Waals surface area (Å²) in [5, 5.41) is 7.15. The Bertz CT molecular complexity index is 1200. The number of hydrogen-bond acceptors (Lipinski definition) is 5. The Kier molecular flexibility index (Phi) is 7.55. The number of amides is 1. The van der Waals surface area contributed by atoms with Crippen molar-refractivity contribution < 1.29 is 22.7 Å². The maximum Gasteiger partial charge on any atom is 0.573 e. The number of halogens is 3. The standard InChI is InChI=1S/C26H27F3N4O2/c1-18-16-24(30-12-15-33-13-2-3-14-33)32-23-10-7-20(17-22(18)23)31-25(34)11-6-19-4-8-21(9-5-19)35-26(27,28)29/h4-11,16-17H,2-3,12-15H2,1H3,(H,30,32)(H,31,34). The summed E-state index contributed by atoms with van der Waals surface area (Å²) in [6.45, 7) is 6.18. The molecule has 3 aromatic rings. The predicted octanol–water partition coefficient (Wildman–Crippen LogP) is 5.60. The second kappa shape index (κ2) is 10.8. The Morgan fingerprint density at radius 1 is 1.11 bits per heavy atom. The molecule has 2 heterocycles. The number of nitrogens with one attached hydrogen (secondary N) is 2. The first-order chi connectivity index (χ1) is 16.7. The van der Waals surface area contributed by atoms with Crippen molar-refractivity contribution in [3.05, 3.63) is 65.7 Å². The highest BCUT2D eigenvalue weighted by Crippen LogP contribution is 2.25. The minimum atomic E-state index is -4.74. The van der Waals surface area contributed by atoms with E-state index in [1.165, 1.54) is 62.3 Å². The Hall–Kier alpha value is -3.59. The molecule has 184 valence electrons. The van der Waals surface area contributed by atoms with Gasteiger partial charge in [0.1, 0.15) is 11.6 Å². The number of likely N-dealkylation sites (tertiary alicyclic amines) is 1. The fourth-order valence-electron chi connectivity index (χ4n) is 4.05. The number of benzene rings is 2. The lowest BCUT2D eigenvalue weighted by Crippen LogP contribution is -2.26. The number of aromatic nitrogens is 1. The van der Waals surface area contributed by atoms with E-state index in [1.54, 1.807) is 6.07 Å². The molecule has 1 amide bonds. The Labute approximate surface area is 201 Å². The van der Waals surface area contributed by atoms with Gasteiger partial charge in [0.2, 0.25) is 5.91 Å². The lowest BCUT2D eigenvalue weighted by Gasteiger charge is -2.15. The van der Waals surface area contributed by atoms with Gasteiger partial charge in [0.15, 0.2) is 0 Å². The molecule has 0 aliphatic carbocycles. The number of carbonyl (C=O) groups excluding carboxylic acids is 1. The molecule has 1 fully saturated rings. The van der Waals surface area contributed by atoms with Crippen LogP contribution >= 0.6 is 0 Å². The molecule has 0 atom stereocenters. The fourth-order valence-corrected chi connectivity index (χ4v) is 4.05. The topological polar surface area (TPSA) is 66.5 Å². The third-order valence-electron chi connectivity index (χ3n) is 5.76. The van der Waals surface area contributed by atoms with Crippen molar-refractivity contribution in [1.82, 2.24) is 9.88 Å². The van der Waals surface area contributed by atoms with Crippen LogP contribution < -0.4 is 15.4 Å². The van der Waals surface area contributed by atoms with Gasteiger partial charge in [-0.3, -0.25) is 4.79 Å². The Morgan fingerprint density at radius 2 is 1.86 bits per heavy atom. The molecule has 6 nitrogen and oxygen atoms in total. The fraction of sp³-hybridized carbons (Fsp3) is 0.308. The summed E-state index contributed by atoms with van der Waals surface area (Å²) in [5.74, 6) is 0.163. The van der Waals surface area contributed by atoms with Crippen molar-refractivity contribution in [2.24, 2.45) is 0 Å². The second-order valence-electron chi connectivity index (χ2n) is 8.47. The van der Waals surface area contributed by atoms with Crippen molar-refractivity contribution in [2.75, 3.05) is 36.8 Å². The van der Waals surface area contributed by atoms with Gasteiger partial charge in [-0.1, -0.05) is 12.1 Å². The second-order valence-corrected chi connectivity index (χ2v) is 8.47. The van der Waals surface area contributed by atoms with Crippen molar-refractivity contribution in [1.29, 1.82) is 0 Å². The van der Waals surface area contributed by atoms with Gasteiger partial charge in [-0.25, -0.2) is 4.98 Å². The number of aryl methyl sites for hydroxylation is 1. The molecule has 2 aromatic carbocycles. The molecular weight excluding hydrogens is 457 g/mol. The smallest absolute Gasteiger partial charge is 0.406 e. The number of nitrogens with zero attached hydrogens (tertiary/aromatic N) is 2. The van der Waals surface area contributed by atoms with Gasteiger partial charge in [-0.2, -0.15) is 0 Å². The van der Waals surface area contributed by atoms with E-state index >= 15 is 0 Å². The first-order valence-corrected chi connectivity index (χ1v) is 11.5. The minimum Gasteiger partial charge on any atom is -0.406 e. The van der Waals surface area contributed by atoms with Crippen molar-refractivity contribution in [3.63, 3.8) is 0 Å². The molecular formula is C26H27F3N4O2. The molecule has 0 saturated carbocycles. The summed E-state index contributed by atoms with van der Waals surface area (Å²) in [6, 6.07) is 12.8. The number of alkyl halides is 3. The van der Waals surface area contributed by atoms with Crippen molar-refractivity contribution >= 4 is 34.4 Å². The van der Waals surface area contributed by atoms with Gasteiger partial charge in [0, 0.05) is 30.2 Å². The quantitative estimate of drug-likeness (QED) is 0.408. The SMILES string of the molecule is Cc1cc(NCCN2CCCC2)nc2ccc(NC(=O)C=Cc3ccc(OC(F)(F)F)cc3)cc12. The van der Waals surface area contributed by atoms with Crippen LogP contribution in [0.4, 0.5) is 24.7 Å². The first kappa shape index (κ1) is 24.5. The molecule has 1 aliphatic rings. The van der Waals surface area contributed by atoms with Crippen LogP contribution in [-0.2, 0) is 4.79 Å². The zero-order chi connectivity index (χ0) is 24.8. The van der Waals surface area contributed by atoms with E-state index in [-0.39, 0.29) is 11.7 Å². The summed E-state index contributed by atoms with van der Waals surface area (Å²) in [4.78, 5) is 19.5. The van der Waals surface area contributed by atoms with E-state index in [1.807, 2.05) is 25.1 Å². The predicted molar refractivity (Wildman–Crippen MR) is 131 cm³/mol. The first-order valence-electron chi connectivity index (χ1n) is 11.5. The minimum absolute atomic E-state index is 0.316. The Morgan fingerprint density at radius 3 is 2.57 bits per heavy atom. The molecule has 1 saturated heterocycles. The number of hydrogen-bond donors (Lipinski definition) is 2. The van der Waals surface area contributed by atoms with Gasteiger partial charge in [0.05, 0.1) is 5.52 Å². The average Bonchev–Trinajstić information content (AvgIpc) is 3.32. The molecule has 0 spiro atoms. The average molecular weight is 485 g/mol. The van der Waals surface area contributed by atoms with Crippen molar-refractivity contribution in [2.45, 2.75) is 26.1 Å². The zero-order valence-corrected chi connectivity index (χ0v) is 19.4. The molecule has 4 rings (SSSR count). The van der Waals surface area contributed by atoms with Crippen LogP contribution in [0.3, 0.4) is 0 Å². The van der Waals surface area contributed by atoms with Crippen LogP contribution in [0.2, 0.25) is 0 Å². The zero-order valence-electron chi connectivity index (χ0n) is 19.4. The maximum atomic E-state index is 12.3. The summed E-state index contributed by atoms with van der Waals surface area (Å²) >= 11 is 0. The summed E-state index contributed by atoms with van der Waals surface area (Å²) in [5.41, 5.74) is 3.08. The number of anilines is 2. The van der Waals surface area contributed by atoms with Gasteiger partial charge < -0.3 is 20.3 Å².